The van der Waals surface area contributed by atoms with Crippen molar-refractivity contribution in [3.8, 4) is 17.0 Å². The minimum absolute atomic E-state index is 0.671. The van der Waals surface area contributed by atoms with Crippen molar-refractivity contribution < 1.29 is 14.6 Å². The average Bonchev–Trinajstić information content (AvgIpc) is 2.72. The summed E-state index contributed by atoms with van der Waals surface area (Å²) in [4.78, 5) is 15.3. The molecule has 0 bridgehead atoms. The summed E-state index contributed by atoms with van der Waals surface area (Å²) in [6.07, 6.45) is 2.92. The lowest BCUT2D eigenvalue weighted by Crippen LogP contribution is -1.92. The maximum absolute atomic E-state index is 11.0. The maximum atomic E-state index is 11.0. The van der Waals surface area contributed by atoms with Gasteiger partial charge in [0.15, 0.2) is 0 Å². The van der Waals surface area contributed by atoms with Crippen LogP contribution in [0.1, 0.15) is 11.1 Å². The molecular formula is C15H11NO3. The number of benzene rings is 1. The molecule has 0 aliphatic heterocycles. The standard InChI is InChI=1S/C15H11NO3/c1-19-9-4-5-11-12(7-9)13(8-14(17)18)10-3-2-6-16-15(10)11/h2-8H,1H3,(H,17,18)/b13-8+. The van der Waals surface area contributed by atoms with Gasteiger partial charge in [-0.05, 0) is 35.4 Å². The SMILES string of the molecule is COc1ccc2c(c1)/C(=C/C(=O)O)c1cccnc1-2. The van der Waals surface area contributed by atoms with E-state index in [-0.39, 0.29) is 0 Å². The second kappa shape index (κ2) is 4.24. The molecule has 1 N–H and O–H groups in total. The first kappa shape index (κ1) is 11.5. The summed E-state index contributed by atoms with van der Waals surface area (Å²) in [5.41, 5.74) is 4.10. The molecule has 94 valence electrons. The molecule has 1 heterocycles. The summed E-state index contributed by atoms with van der Waals surface area (Å²) >= 11 is 0. The van der Waals surface area contributed by atoms with E-state index in [0.29, 0.717) is 11.3 Å². The third kappa shape index (κ3) is 1.78. The third-order valence-electron chi connectivity index (χ3n) is 3.14. The van der Waals surface area contributed by atoms with E-state index < -0.39 is 5.97 Å². The number of carbonyl (C=O) groups is 1. The number of aromatic nitrogens is 1. The summed E-state index contributed by atoms with van der Waals surface area (Å²) in [6, 6.07) is 9.27. The normalized spacial score (nSPS) is 14.1. The van der Waals surface area contributed by atoms with Gasteiger partial charge >= 0.3 is 5.97 Å². The van der Waals surface area contributed by atoms with Crippen LogP contribution in [-0.4, -0.2) is 23.2 Å². The van der Waals surface area contributed by atoms with Crippen molar-refractivity contribution in [3.05, 3.63) is 53.7 Å². The molecule has 0 radical (unpaired) electrons. The molecular weight excluding hydrogens is 242 g/mol. The highest BCUT2D eigenvalue weighted by Gasteiger charge is 2.25. The number of aliphatic carboxylic acids is 1. The van der Waals surface area contributed by atoms with Crippen molar-refractivity contribution in [2.75, 3.05) is 7.11 Å². The van der Waals surface area contributed by atoms with E-state index >= 15 is 0 Å². The summed E-state index contributed by atoms with van der Waals surface area (Å²) in [5, 5.41) is 9.02. The van der Waals surface area contributed by atoms with Crippen molar-refractivity contribution in [2.24, 2.45) is 0 Å². The van der Waals surface area contributed by atoms with Crippen LogP contribution in [0.25, 0.3) is 16.8 Å². The third-order valence-corrected chi connectivity index (χ3v) is 3.14. The number of nitrogens with zero attached hydrogens (tertiary/aromatic N) is 1. The number of fused-ring (bicyclic) bond motifs is 3. The van der Waals surface area contributed by atoms with Crippen LogP contribution in [-0.2, 0) is 4.79 Å². The molecule has 2 aromatic rings. The number of methoxy groups -OCH3 is 1. The van der Waals surface area contributed by atoms with Crippen molar-refractivity contribution in [1.29, 1.82) is 0 Å². The Balaban J connectivity index is 2.30. The van der Waals surface area contributed by atoms with Gasteiger partial charge in [-0.3, -0.25) is 4.98 Å². The molecule has 1 aromatic carbocycles. The van der Waals surface area contributed by atoms with Crippen LogP contribution in [0.2, 0.25) is 0 Å². The van der Waals surface area contributed by atoms with E-state index in [2.05, 4.69) is 4.98 Å². The molecule has 0 saturated carbocycles. The molecule has 0 amide bonds. The highest BCUT2D eigenvalue weighted by molar-refractivity contribution is 6.05. The lowest BCUT2D eigenvalue weighted by molar-refractivity contribution is -0.131. The quantitative estimate of drug-likeness (QED) is 0.713. The van der Waals surface area contributed by atoms with Gasteiger partial charge in [0.05, 0.1) is 12.8 Å². The molecule has 4 nitrogen and oxygen atoms in total. The van der Waals surface area contributed by atoms with Gasteiger partial charge in [0.25, 0.3) is 0 Å². The van der Waals surface area contributed by atoms with Crippen LogP contribution in [0.4, 0.5) is 0 Å². The second-order valence-corrected chi connectivity index (χ2v) is 4.21. The Kier molecular flexibility index (Phi) is 2.56. The van der Waals surface area contributed by atoms with Crippen LogP contribution in [0.5, 0.6) is 5.75 Å². The van der Waals surface area contributed by atoms with Gasteiger partial charge in [0.2, 0.25) is 0 Å². The van der Waals surface area contributed by atoms with E-state index in [4.69, 9.17) is 9.84 Å². The summed E-state index contributed by atoms with van der Waals surface area (Å²) in [6.45, 7) is 0. The smallest absolute Gasteiger partial charge is 0.328 e. The van der Waals surface area contributed by atoms with Crippen LogP contribution >= 0.6 is 0 Å². The molecule has 0 fully saturated rings. The lowest BCUT2D eigenvalue weighted by atomic mass is 10.0. The number of hydrogen-bond donors (Lipinski definition) is 1. The number of ether oxygens (including phenoxy) is 1. The van der Waals surface area contributed by atoms with E-state index in [9.17, 15) is 4.79 Å². The highest BCUT2D eigenvalue weighted by atomic mass is 16.5. The predicted molar refractivity (Wildman–Crippen MR) is 70.9 cm³/mol. The number of pyridine rings is 1. The molecule has 0 spiro atoms. The molecule has 0 unspecified atom stereocenters. The van der Waals surface area contributed by atoms with Gasteiger partial charge in [-0.2, -0.15) is 0 Å². The summed E-state index contributed by atoms with van der Waals surface area (Å²) < 4.78 is 5.20. The van der Waals surface area contributed by atoms with Crippen molar-refractivity contribution >= 4 is 11.5 Å². The molecule has 1 aliphatic carbocycles. The number of carboxylic acid groups (broad SMARTS) is 1. The second-order valence-electron chi connectivity index (χ2n) is 4.21. The van der Waals surface area contributed by atoms with Crippen LogP contribution in [0.3, 0.4) is 0 Å². The van der Waals surface area contributed by atoms with Crippen molar-refractivity contribution in [2.45, 2.75) is 0 Å². The first-order valence-electron chi connectivity index (χ1n) is 5.79. The van der Waals surface area contributed by atoms with E-state index in [0.717, 1.165) is 22.4 Å². The molecule has 0 atom stereocenters. The number of hydrogen-bond acceptors (Lipinski definition) is 3. The summed E-state index contributed by atoms with van der Waals surface area (Å²) in [7, 11) is 1.59. The predicted octanol–water partition coefficient (Wildman–Crippen LogP) is 2.59. The number of rotatable bonds is 2. The zero-order chi connectivity index (χ0) is 13.4. The minimum atomic E-state index is -0.972. The van der Waals surface area contributed by atoms with Crippen molar-refractivity contribution in [1.82, 2.24) is 4.98 Å². The first-order valence-corrected chi connectivity index (χ1v) is 5.79. The van der Waals surface area contributed by atoms with Gasteiger partial charge in [0, 0.05) is 23.4 Å². The zero-order valence-electron chi connectivity index (χ0n) is 10.3. The molecule has 1 aliphatic rings. The average molecular weight is 253 g/mol. The largest absolute Gasteiger partial charge is 0.497 e. The minimum Gasteiger partial charge on any atom is -0.497 e. The Bertz CT molecular complexity index is 704. The maximum Gasteiger partial charge on any atom is 0.328 e. The Hall–Kier alpha value is -2.62. The zero-order valence-corrected chi connectivity index (χ0v) is 10.3. The van der Waals surface area contributed by atoms with E-state index in [1.54, 1.807) is 19.4 Å². The topological polar surface area (TPSA) is 59.4 Å². The first-order chi connectivity index (χ1) is 9.20. The molecule has 0 saturated heterocycles. The van der Waals surface area contributed by atoms with Crippen molar-refractivity contribution in [3.63, 3.8) is 0 Å². The Morgan fingerprint density at radius 2 is 2.11 bits per heavy atom. The van der Waals surface area contributed by atoms with Crippen LogP contribution in [0, 0.1) is 0 Å². The fourth-order valence-corrected chi connectivity index (χ4v) is 2.34. The van der Waals surface area contributed by atoms with Gasteiger partial charge in [-0.1, -0.05) is 6.07 Å². The van der Waals surface area contributed by atoms with Gasteiger partial charge in [-0.15, -0.1) is 0 Å². The monoisotopic (exact) mass is 253 g/mol. The highest BCUT2D eigenvalue weighted by Crippen LogP contribution is 2.44. The van der Waals surface area contributed by atoms with Crippen LogP contribution in [0.15, 0.2) is 42.6 Å². The Labute approximate surface area is 110 Å². The fourth-order valence-electron chi connectivity index (χ4n) is 2.34. The fraction of sp³-hybridized carbons (Fsp3) is 0.0667. The van der Waals surface area contributed by atoms with Crippen LogP contribution < -0.4 is 4.74 Å². The van der Waals surface area contributed by atoms with Gasteiger partial charge < -0.3 is 9.84 Å². The van der Waals surface area contributed by atoms with Gasteiger partial charge in [-0.25, -0.2) is 4.79 Å². The lowest BCUT2D eigenvalue weighted by Gasteiger charge is -2.04. The molecule has 3 rings (SSSR count). The van der Waals surface area contributed by atoms with E-state index in [1.165, 1.54) is 6.08 Å². The van der Waals surface area contributed by atoms with E-state index in [1.807, 2.05) is 24.3 Å². The molecule has 1 aromatic heterocycles. The Morgan fingerprint density at radius 3 is 2.84 bits per heavy atom. The molecule has 19 heavy (non-hydrogen) atoms. The summed E-state index contributed by atoms with van der Waals surface area (Å²) in [5.74, 6) is -0.275. The number of carboxylic acids is 1. The molecule has 4 heteroatoms. The van der Waals surface area contributed by atoms with Gasteiger partial charge in [0.1, 0.15) is 5.75 Å². The Morgan fingerprint density at radius 1 is 1.26 bits per heavy atom.